The Morgan fingerprint density at radius 3 is 2.62 bits per heavy atom. The molecule has 0 N–H and O–H groups in total. The van der Waals surface area contributed by atoms with Gasteiger partial charge >= 0.3 is 18.8 Å². The van der Waals surface area contributed by atoms with Crippen LogP contribution in [0.25, 0.3) is 0 Å². The average Bonchev–Trinajstić information content (AvgIpc) is 2.22. The van der Waals surface area contributed by atoms with Gasteiger partial charge in [-0.15, -0.1) is 4.52 Å². The number of hydrogen-bond donors (Lipinski definition) is 0. The molecule has 0 bridgehead atoms. The fraction of sp³-hybridized carbons (Fsp3) is 0.143. The van der Waals surface area contributed by atoms with Gasteiger partial charge in [-0.3, -0.25) is 0 Å². The second-order valence-corrected chi connectivity index (χ2v) is 4.53. The Hall–Kier alpha value is -0.950. The lowest BCUT2D eigenvalue weighted by atomic mass is 10.3. The van der Waals surface area contributed by atoms with Crippen molar-refractivity contribution >= 4 is 18.8 Å². The van der Waals surface area contributed by atoms with Crippen LogP contribution >= 0.6 is 8.69 Å². The third-order valence-corrected chi connectivity index (χ3v) is 2.98. The van der Waals surface area contributed by atoms with Gasteiger partial charge in [0, 0.05) is 0 Å². The number of rotatable bonds is 5. The zero-order valence-electron chi connectivity index (χ0n) is 7.64. The van der Waals surface area contributed by atoms with E-state index in [0.717, 1.165) is 6.07 Å². The molecule has 0 aromatic heterocycles. The Morgan fingerprint density at radius 1 is 1.31 bits per heavy atom. The molecule has 0 amide bonds. The molecular weight excluding hydrogens is 265 g/mol. The summed E-state index contributed by atoms with van der Waals surface area (Å²) < 4.78 is 66.4. The molecule has 0 fully saturated rings. The molecule has 0 heterocycles. The molecule has 0 aliphatic rings. The zero-order valence-corrected chi connectivity index (χ0v) is 9.46. The van der Waals surface area contributed by atoms with Crippen molar-refractivity contribution in [3.05, 3.63) is 29.8 Å². The van der Waals surface area contributed by atoms with Gasteiger partial charge in [0.1, 0.15) is 16.5 Å². The standard InChI is InChI=1S/C7H6F2O5PS/c8-5-1-2-6(9)7(3-5)16(11,12)14-4-13-15-10/h1-3,15H,4H2/q+1. The minimum atomic E-state index is -4.46. The lowest BCUT2D eigenvalue weighted by Gasteiger charge is -2.03. The summed E-state index contributed by atoms with van der Waals surface area (Å²) in [5.41, 5.74) is 0. The summed E-state index contributed by atoms with van der Waals surface area (Å²) in [5, 5.41) is 0. The van der Waals surface area contributed by atoms with E-state index in [1.165, 1.54) is 0 Å². The maximum absolute atomic E-state index is 13.0. The third-order valence-electron chi connectivity index (χ3n) is 1.48. The summed E-state index contributed by atoms with van der Waals surface area (Å²) in [5.74, 6) is -2.07. The van der Waals surface area contributed by atoms with Crippen molar-refractivity contribution in [2.45, 2.75) is 4.90 Å². The summed E-state index contributed by atoms with van der Waals surface area (Å²) in [4.78, 5) is -0.940. The van der Waals surface area contributed by atoms with Crippen molar-refractivity contribution < 1.29 is 30.5 Å². The van der Waals surface area contributed by atoms with Crippen LogP contribution in [0.2, 0.25) is 0 Å². The second kappa shape index (κ2) is 5.40. The SMILES string of the molecule is O=[PH+]OCOS(=O)(=O)c1cc(F)ccc1F. The van der Waals surface area contributed by atoms with Crippen molar-refractivity contribution in [1.29, 1.82) is 0 Å². The smallest absolute Gasteiger partial charge is 0.232 e. The summed E-state index contributed by atoms with van der Waals surface area (Å²) in [6.45, 7) is -0.833. The van der Waals surface area contributed by atoms with E-state index in [1.807, 2.05) is 0 Å². The Balaban J connectivity index is 2.97. The fourth-order valence-corrected chi connectivity index (χ4v) is 1.90. The second-order valence-electron chi connectivity index (χ2n) is 2.49. The van der Waals surface area contributed by atoms with Crippen LogP contribution in [0, 0.1) is 11.6 Å². The quantitative estimate of drug-likeness (QED) is 0.352. The van der Waals surface area contributed by atoms with Crippen LogP contribution in [0.1, 0.15) is 0 Å². The summed E-state index contributed by atoms with van der Waals surface area (Å²) in [7, 11) is -5.67. The molecule has 0 aliphatic carbocycles. The van der Waals surface area contributed by atoms with Gasteiger partial charge in [-0.25, -0.2) is 13.0 Å². The molecule has 5 nitrogen and oxygen atoms in total. The third kappa shape index (κ3) is 3.28. The molecule has 1 rings (SSSR count). The lowest BCUT2D eigenvalue weighted by Crippen LogP contribution is -2.10. The molecule has 0 saturated heterocycles. The van der Waals surface area contributed by atoms with Gasteiger partial charge < -0.3 is 0 Å². The highest BCUT2D eigenvalue weighted by Crippen LogP contribution is 2.18. The van der Waals surface area contributed by atoms with E-state index < -0.39 is 42.1 Å². The predicted octanol–water partition coefficient (Wildman–Crippen LogP) is 1.58. The van der Waals surface area contributed by atoms with Crippen LogP contribution in [0.3, 0.4) is 0 Å². The van der Waals surface area contributed by atoms with E-state index in [4.69, 9.17) is 0 Å². The first-order valence-corrected chi connectivity index (χ1v) is 6.03. The molecule has 1 atom stereocenters. The lowest BCUT2D eigenvalue weighted by molar-refractivity contribution is 0.139. The first kappa shape index (κ1) is 13.1. The topological polar surface area (TPSA) is 69.7 Å². The molecule has 1 aromatic carbocycles. The number of hydrogen-bond acceptors (Lipinski definition) is 5. The molecule has 0 spiro atoms. The fourth-order valence-electron chi connectivity index (χ4n) is 0.844. The van der Waals surface area contributed by atoms with E-state index in [-0.39, 0.29) is 0 Å². The van der Waals surface area contributed by atoms with Crippen LogP contribution in [0.4, 0.5) is 8.78 Å². The highest BCUT2D eigenvalue weighted by atomic mass is 32.2. The minimum Gasteiger partial charge on any atom is -0.232 e. The number of benzene rings is 1. The highest BCUT2D eigenvalue weighted by molar-refractivity contribution is 7.86. The average molecular weight is 271 g/mol. The minimum absolute atomic E-state index is 0.476. The predicted molar refractivity (Wildman–Crippen MR) is 49.6 cm³/mol. The van der Waals surface area contributed by atoms with Crippen LogP contribution in [-0.4, -0.2) is 15.2 Å². The Labute approximate surface area is 91.4 Å². The molecular formula is C7H6F2O5PS+. The Morgan fingerprint density at radius 2 is 2.00 bits per heavy atom. The van der Waals surface area contributed by atoms with Crippen molar-refractivity contribution in [2.24, 2.45) is 0 Å². The Kier molecular flexibility index (Phi) is 4.43. The van der Waals surface area contributed by atoms with Crippen molar-refractivity contribution in [3.63, 3.8) is 0 Å². The molecule has 9 heteroatoms. The molecule has 0 saturated carbocycles. The zero-order chi connectivity index (χ0) is 12.2. The molecule has 1 aromatic rings. The summed E-state index contributed by atoms with van der Waals surface area (Å²) in [6.07, 6.45) is 0. The van der Waals surface area contributed by atoms with E-state index in [1.54, 1.807) is 0 Å². The molecule has 0 aliphatic heterocycles. The first-order chi connectivity index (χ1) is 7.47. The van der Waals surface area contributed by atoms with Crippen molar-refractivity contribution in [3.8, 4) is 0 Å². The molecule has 1 unspecified atom stereocenters. The van der Waals surface area contributed by atoms with Gasteiger partial charge in [0.15, 0.2) is 0 Å². The summed E-state index contributed by atoms with van der Waals surface area (Å²) >= 11 is 0. The largest absolute Gasteiger partial charge is 0.496 e. The maximum Gasteiger partial charge on any atom is 0.496 e. The van der Waals surface area contributed by atoms with Gasteiger partial charge in [-0.05, 0) is 22.8 Å². The van der Waals surface area contributed by atoms with Crippen LogP contribution in [0.15, 0.2) is 23.1 Å². The first-order valence-electron chi connectivity index (χ1n) is 3.81. The number of halogens is 2. The van der Waals surface area contributed by atoms with E-state index in [2.05, 4.69) is 8.71 Å². The molecule has 0 radical (unpaired) electrons. The van der Waals surface area contributed by atoms with Crippen LogP contribution < -0.4 is 0 Å². The van der Waals surface area contributed by atoms with Crippen LogP contribution in [-0.2, 0) is 23.4 Å². The van der Waals surface area contributed by atoms with Gasteiger partial charge in [0.25, 0.3) is 0 Å². The van der Waals surface area contributed by atoms with Gasteiger partial charge in [-0.1, -0.05) is 0 Å². The van der Waals surface area contributed by atoms with E-state index in [0.29, 0.717) is 12.1 Å². The maximum atomic E-state index is 13.0. The highest BCUT2D eigenvalue weighted by Gasteiger charge is 2.21. The van der Waals surface area contributed by atoms with E-state index >= 15 is 0 Å². The molecule has 16 heavy (non-hydrogen) atoms. The van der Waals surface area contributed by atoms with Crippen molar-refractivity contribution in [1.82, 2.24) is 0 Å². The Bertz CT molecular complexity index is 490. The summed E-state index contributed by atoms with van der Waals surface area (Å²) in [6, 6.07) is 1.90. The van der Waals surface area contributed by atoms with Crippen LogP contribution in [0.5, 0.6) is 0 Å². The monoisotopic (exact) mass is 271 g/mol. The van der Waals surface area contributed by atoms with Crippen molar-refractivity contribution in [2.75, 3.05) is 6.79 Å². The normalized spacial score (nSPS) is 11.9. The van der Waals surface area contributed by atoms with E-state index in [9.17, 15) is 21.8 Å². The van der Waals surface area contributed by atoms with Gasteiger partial charge in [-0.2, -0.15) is 8.42 Å². The van der Waals surface area contributed by atoms with Gasteiger partial charge in [0.05, 0.1) is 0 Å². The molecule has 88 valence electrons. The van der Waals surface area contributed by atoms with Gasteiger partial charge in [0.2, 0.25) is 6.79 Å².